The van der Waals surface area contributed by atoms with E-state index in [9.17, 15) is 9.59 Å². The zero-order valence-corrected chi connectivity index (χ0v) is 17.3. The van der Waals surface area contributed by atoms with Gasteiger partial charge in [0.05, 0.1) is 0 Å². The van der Waals surface area contributed by atoms with Crippen LogP contribution in [0, 0.1) is 0 Å². The SMILES string of the molecule is CCC1=C2CCCCC2NC2CC=CC=C12.CCC=O.O=C1CCCCC1. The average Bonchev–Trinajstić information content (AvgIpc) is 2.73. The van der Waals surface area contributed by atoms with Gasteiger partial charge in [0.1, 0.15) is 12.1 Å². The van der Waals surface area contributed by atoms with E-state index in [1.54, 1.807) is 16.7 Å². The lowest BCUT2D eigenvalue weighted by atomic mass is 9.76. The van der Waals surface area contributed by atoms with Gasteiger partial charge in [0.15, 0.2) is 0 Å². The van der Waals surface area contributed by atoms with Crippen LogP contribution in [-0.4, -0.2) is 24.2 Å². The van der Waals surface area contributed by atoms with E-state index in [-0.39, 0.29) is 0 Å². The summed E-state index contributed by atoms with van der Waals surface area (Å²) in [6, 6.07) is 1.30. The molecule has 3 nitrogen and oxygen atoms in total. The van der Waals surface area contributed by atoms with Crippen LogP contribution in [0.2, 0.25) is 0 Å². The third kappa shape index (κ3) is 6.57. The van der Waals surface area contributed by atoms with Crippen molar-refractivity contribution in [2.24, 2.45) is 0 Å². The second-order valence-electron chi connectivity index (χ2n) is 7.84. The van der Waals surface area contributed by atoms with Gasteiger partial charge < -0.3 is 10.1 Å². The first-order valence-corrected chi connectivity index (χ1v) is 11.0. The van der Waals surface area contributed by atoms with E-state index in [4.69, 9.17) is 0 Å². The summed E-state index contributed by atoms with van der Waals surface area (Å²) < 4.78 is 0. The van der Waals surface area contributed by atoms with Crippen molar-refractivity contribution in [3.8, 4) is 0 Å². The standard InChI is InChI=1S/C15H21N.C6H10O.C3H6O/c1-2-11-12-7-3-5-9-14(12)16-15-10-6-4-8-13(11)15;7-6-4-2-1-3-5-6;1-2-3-4/h3,5,7,14-16H,2,4,6,8-10H2,1H3;1-5H2;3H,2H2,1H3. The first-order valence-electron chi connectivity index (χ1n) is 11.0. The minimum absolute atomic E-state index is 0.464. The number of ketones is 1. The highest BCUT2D eigenvalue weighted by molar-refractivity contribution is 5.78. The fraction of sp³-hybridized carbons (Fsp3) is 0.667. The summed E-state index contributed by atoms with van der Waals surface area (Å²) in [6.45, 7) is 4.13. The third-order valence-corrected chi connectivity index (χ3v) is 5.84. The number of carbonyl (C=O) groups is 2. The van der Waals surface area contributed by atoms with Crippen LogP contribution in [-0.2, 0) is 9.59 Å². The van der Waals surface area contributed by atoms with E-state index in [1.807, 2.05) is 6.92 Å². The molecule has 1 aliphatic heterocycles. The van der Waals surface area contributed by atoms with Crippen molar-refractivity contribution in [1.29, 1.82) is 0 Å². The molecular weight excluding hydrogens is 334 g/mol. The highest BCUT2D eigenvalue weighted by atomic mass is 16.1. The molecule has 1 N–H and O–H groups in total. The molecule has 1 heterocycles. The molecule has 0 radical (unpaired) electrons. The topological polar surface area (TPSA) is 46.2 Å². The fourth-order valence-corrected chi connectivity index (χ4v) is 4.46. The van der Waals surface area contributed by atoms with Crippen molar-refractivity contribution < 1.29 is 9.59 Å². The molecule has 2 atom stereocenters. The first kappa shape index (κ1) is 21.8. The Morgan fingerprint density at radius 2 is 1.74 bits per heavy atom. The Hall–Kier alpha value is -1.48. The largest absolute Gasteiger partial charge is 0.303 e. The van der Waals surface area contributed by atoms with Crippen LogP contribution in [0.3, 0.4) is 0 Å². The Kier molecular flexibility index (Phi) is 9.75. The Morgan fingerprint density at radius 3 is 2.33 bits per heavy atom. The van der Waals surface area contributed by atoms with Gasteiger partial charge >= 0.3 is 0 Å². The van der Waals surface area contributed by atoms with Crippen molar-refractivity contribution in [3.63, 3.8) is 0 Å². The van der Waals surface area contributed by atoms with Gasteiger partial charge in [0, 0.05) is 31.3 Å². The van der Waals surface area contributed by atoms with Crippen LogP contribution >= 0.6 is 0 Å². The summed E-state index contributed by atoms with van der Waals surface area (Å²) in [5, 5.41) is 3.84. The zero-order chi connectivity index (χ0) is 19.5. The monoisotopic (exact) mass is 371 g/mol. The normalized spacial score (nSPS) is 26.4. The van der Waals surface area contributed by atoms with Crippen molar-refractivity contribution >= 4 is 12.1 Å². The molecular formula is C24H37NO2. The van der Waals surface area contributed by atoms with Gasteiger partial charge in [0.25, 0.3) is 0 Å². The molecule has 2 fully saturated rings. The molecule has 0 aromatic heterocycles. The number of hydrogen-bond donors (Lipinski definition) is 1. The van der Waals surface area contributed by atoms with Gasteiger partial charge in [-0.2, -0.15) is 0 Å². The van der Waals surface area contributed by atoms with Crippen molar-refractivity contribution in [3.05, 3.63) is 34.9 Å². The highest BCUT2D eigenvalue weighted by Crippen LogP contribution is 2.38. The minimum Gasteiger partial charge on any atom is -0.303 e. The van der Waals surface area contributed by atoms with Gasteiger partial charge in [-0.25, -0.2) is 0 Å². The lowest BCUT2D eigenvalue weighted by Gasteiger charge is -2.40. The number of aldehydes is 1. The maximum atomic E-state index is 10.5. The lowest BCUT2D eigenvalue weighted by Crippen LogP contribution is -2.46. The number of carbonyl (C=O) groups excluding carboxylic acids is 2. The van der Waals surface area contributed by atoms with E-state index >= 15 is 0 Å². The first-order chi connectivity index (χ1) is 13.2. The van der Waals surface area contributed by atoms with E-state index in [0.29, 0.717) is 24.3 Å². The molecule has 0 spiro atoms. The Labute approximate surface area is 165 Å². The predicted octanol–water partition coefficient (Wildman–Crippen LogP) is 5.61. The highest BCUT2D eigenvalue weighted by Gasteiger charge is 2.32. The maximum Gasteiger partial charge on any atom is 0.132 e. The van der Waals surface area contributed by atoms with E-state index in [2.05, 4.69) is 30.5 Å². The zero-order valence-electron chi connectivity index (χ0n) is 17.3. The number of hydrogen-bond acceptors (Lipinski definition) is 3. The van der Waals surface area contributed by atoms with Crippen LogP contribution < -0.4 is 5.32 Å². The van der Waals surface area contributed by atoms with Crippen LogP contribution in [0.15, 0.2) is 34.9 Å². The summed E-state index contributed by atoms with van der Waals surface area (Å²) in [7, 11) is 0. The van der Waals surface area contributed by atoms with Gasteiger partial charge in [-0.15, -0.1) is 0 Å². The lowest BCUT2D eigenvalue weighted by molar-refractivity contribution is -0.120. The number of Topliss-reactive ketones (excluding diaryl/α,β-unsaturated/α-hetero) is 1. The molecule has 0 amide bonds. The summed E-state index contributed by atoms with van der Waals surface area (Å²) >= 11 is 0. The number of allylic oxidation sites excluding steroid dienone is 2. The van der Waals surface area contributed by atoms with E-state index < -0.39 is 0 Å². The smallest absolute Gasteiger partial charge is 0.132 e. The summed E-state index contributed by atoms with van der Waals surface area (Å²) in [5.41, 5.74) is 4.99. The van der Waals surface area contributed by atoms with Gasteiger partial charge in [-0.1, -0.05) is 44.9 Å². The van der Waals surface area contributed by atoms with Gasteiger partial charge in [-0.3, -0.25) is 4.79 Å². The molecule has 27 heavy (non-hydrogen) atoms. The van der Waals surface area contributed by atoms with Crippen LogP contribution in [0.25, 0.3) is 0 Å². The Bertz CT molecular complexity index is 577. The van der Waals surface area contributed by atoms with Crippen molar-refractivity contribution in [1.82, 2.24) is 5.32 Å². The summed E-state index contributed by atoms with van der Waals surface area (Å²) in [4.78, 5) is 19.6. The molecule has 2 saturated carbocycles. The fourth-order valence-electron chi connectivity index (χ4n) is 4.46. The molecule has 4 rings (SSSR count). The predicted molar refractivity (Wildman–Crippen MR) is 113 cm³/mol. The quantitative estimate of drug-likeness (QED) is 0.642. The van der Waals surface area contributed by atoms with Crippen LogP contribution in [0.4, 0.5) is 0 Å². The maximum absolute atomic E-state index is 10.5. The van der Waals surface area contributed by atoms with Gasteiger partial charge in [-0.05, 0) is 61.7 Å². The van der Waals surface area contributed by atoms with Gasteiger partial charge in [0.2, 0.25) is 0 Å². The van der Waals surface area contributed by atoms with Crippen molar-refractivity contribution in [2.45, 2.75) is 103 Å². The molecule has 3 heteroatoms. The van der Waals surface area contributed by atoms with E-state index in [0.717, 1.165) is 32.0 Å². The molecule has 0 aromatic carbocycles. The van der Waals surface area contributed by atoms with Crippen molar-refractivity contribution in [2.75, 3.05) is 0 Å². The molecule has 2 unspecified atom stereocenters. The van der Waals surface area contributed by atoms with Crippen LogP contribution in [0.1, 0.15) is 90.9 Å². The molecule has 0 saturated heterocycles. The number of fused-ring (bicyclic) bond motifs is 2. The summed E-state index contributed by atoms with van der Waals surface area (Å²) in [6.07, 6.45) is 21.5. The average molecular weight is 372 g/mol. The summed E-state index contributed by atoms with van der Waals surface area (Å²) in [5.74, 6) is 0.464. The number of rotatable bonds is 2. The van der Waals surface area contributed by atoms with E-state index in [1.165, 1.54) is 44.9 Å². The minimum atomic E-state index is 0.464. The Morgan fingerprint density at radius 1 is 1.04 bits per heavy atom. The molecule has 0 bridgehead atoms. The molecule has 0 aromatic rings. The third-order valence-electron chi connectivity index (χ3n) is 5.84. The Balaban J connectivity index is 0.000000198. The number of nitrogens with one attached hydrogen (secondary N) is 1. The molecule has 3 aliphatic carbocycles. The molecule has 4 aliphatic rings. The second kappa shape index (κ2) is 12.1. The van der Waals surface area contributed by atoms with Crippen LogP contribution in [0.5, 0.6) is 0 Å². The second-order valence-corrected chi connectivity index (χ2v) is 7.84. The molecule has 150 valence electrons.